The summed E-state index contributed by atoms with van der Waals surface area (Å²) in [5.74, 6) is 0. The van der Waals surface area contributed by atoms with Crippen molar-refractivity contribution in [1.29, 1.82) is 0 Å². The Labute approximate surface area is 164 Å². The number of likely N-dealkylation sites (N-methyl/N-ethyl adjacent to an activating group) is 1. The minimum Gasteiger partial charge on any atom is -0.391 e. The molecule has 0 fully saturated rings. The van der Waals surface area contributed by atoms with Crippen LogP contribution in [0.1, 0.15) is 96.8 Å². The summed E-state index contributed by atoms with van der Waals surface area (Å²) >= 11 is 0. The molecule has 0 aromatic heterocycles. The zero-order valence-electron chi connectivity index (χ0n) is 17.2. The number of aliphatic hydroxyl groups is 2. The van der Waals surface area contributed by atoms with E-state index in [9.17, 15) is 0 Å². The van der Waals surface area contributed by atoms with E-state index in [-0.39, 0.29) is 25.6 Å². The van der Waals surface area contributed by atoms with E-state index in [0.717, 1.165) is 24.1 Å². The van der Waals surface area contributed by atoms with Crippen LogP contribution >= 0.6 is 12.4 Å². The molecular weight excluding hydrogens is 334 g/mol. The number of hydrogen-bond donors (Lipinski definition) is 2. The fourth-order valence-corrected chi connectivity index (χ4v) is 3.51. The van der Waals surface area contributed by atoms with Crippen molar-refractivity contribution in [3.05, 3.63) is 0 Å². The normalized spacial score (nSPS) is 11.5. The molecule has 0 bridgehead atoms. The maximum absolute atomic E-state index is 9.15. The zero-order chi connectivity index (χ0) is 17.9. The van der Waals surface area contributed by atoms with Crippen LogP contribution < -0.4 is 0 Å². The smallest absolute Gasteiger partial charge is 0.102 e. The first-order valence-corrected chi connectivity index (χ1v) is 10.7. The molecule has 4 heteroatoms. The average molecular weight is 381 g/mol. The number of unbranched alkanes of at least 4 members (excludes halogenated alkanes) is 13. The number of quaternary nitrogens is 1. The molecule has 0 aliphatic carbocycles. The van der Waals surface area contributed by atoms with E-state index in [2.05, 4.69) is 14.0 Å². The van der Waals surface area contributed by atoms with Crippen molar-refractivity contribution in [2.24, 2.45) is 0 Å². The second kappa shape index (κ2) is 20.5. The van der Waals surface area contributed by atoms with Gasteiger partial charge in [0, 0.05) is 0 Å². The molecule has 0 rings (SSSR count). The maximum atomic E-state index is 9.15. The van der Waals surface area contributed by atoms with Gasteiger partial charge in [-0.1, -0.05) is 84.0 Å². The van der Waals surface area contributed by atoms with Crippen LogP contribution in [0.3, 0.4) is 0 Å². The minimum atomic E-state index is 0. The summed E-state index contributed by atoms with van der Waals surface area (Å²) in [5.41, 5.74) is 0. The first-order valence-electron chi connectivity index (χ1n) is 10.7. The molecule has 154 valence electrons. The first-order chi connectivity index (χ1) is 11.7. The molecule has 0 saturated carbocycles. The Bertz CT molecular complexity index is 246. The molecule has 0 spiro atoms. The van der Waals surface area contributed by atoms with Gasteiger partial charge in [-0.3, -0.25) is 0 Å². The third kappa shape index (κ3) is 18.8. The van der Waals surface area contributed by atoms with Crippen LogP contribution in [0.2, 0.25) is 0 Å². The fourth-order valence-electron chi connectivity index (χ4n) is 3.51. The van der Waals surface area contributed by atoms with Gasteiger partial charge in [0.05, 0.1) is 26.8 Å². The van der Waals surface area contributed by atoms with Gasteiger partial charge in [0.15, 0.2) is 0 Å². The van der Waals surface area contributed by atoms with Crippen molar-refractivity contribution in [2.75, 3.05) is 39.9 Å². The van der Waals surface area contributed by atoms with Crippen LogP contribution in [0.25, 0.3) is 0 Å². The van der Waals surface area contributed by atoms with E-state index in [1.54, 1.807) is 0 Å². The van der Waals surface area contributed by atoms with Crippen LogP contribution in [-0.4, -0.2) is 54.6 Å². The summed E-state index contributed by atoms with van der Waals surface area (Å²) in [6.07, 6.45) is 19.4. The third-order valence-corrected chi connectivity index (χ3v) is 5.33. The van der Waals surface area contributed by atoms with Crippen LogP contribution in [-0.2, 0) is 0 Å². The Morgan fingerprint density at radius 2 is 0.840 bits per heavy atom. The lowest BCUT2D eigenvalue weighted by Gasteiger charge is -2.33. The Balaban J connectivity index is 0. The molecule has 0 aromatic carbocycles. The topological polar surface area (TPSA) is 40.5 Å². The Morgan fingerprint density at radius 3 is 1.16 bits per heavy atom. The second-order valence-electron chi connectivity index (χ2n) is 7.83. The molecular formula is C21H47ClNO2+. The van der Waals surface area contributed by atoms with Gasteiger partial charge < -0.3 is 14.7 Å². The summed E-state index contributed by atoms with van der Waals surface area (Å²) < 4.78 is 0.811. The second-order valence-corrected chi connectivity index (χ2v) is 7.83. The van der Waals surface area contributed by atoms with Crippen molar-refractivity contribution in [2.45, 2.75) is 96.8 Å². The van der Waals surface area contributed by atoms with Crippen LogP contribution in [0.4, 0.5) is 0 Å². The highest BCUT2D eigenvalue weighted by Crippen LogP contribution is 2.13. The number of nitrogens with zero attached hydrogens (tertiary/aromatic N) is 1. The van der Waals surface area contributed by atoms with Crippen molar-refractivity contribution >= 4 is 12.4 Å². The molecule has 0 unspecified atom stereocenters. The first kappa shape index (κ1) is 27.4. The van der Waals surface area contributed by atoms with Gasteiger partial charge in [0.2, 0.25) is 0 Å². The third-order valence-electron chi connectivity index (χ3n) is 5.33. The van der Waals surface area contributed by atoms with Gasteiger partial charge in [-0.15, -0.1) is 12.4 Å². The van der Waals surface area contributed by atoms with Gasteiger partial charge in [-0.25, -0.2) is 0 Å². The number of aliphatic hydroxyl groups excluding tert-OH is 2. The van der Waals surface area contributed by atoms with E-state index >= 15 is 0 Å². The van der Waals surface area contributed by atoms with E-state index < -0.39 is 0 Å². The van der Waals surface area contributed by atoms with E-state index in [0.29, 0.717) is 0 Å². The largest absolute Gasteiger partial charge is 0.391 e. The predicted molar refractivity (Wildman–Crippen MR) is 113 cm³/mol. The predicted octanol–water partition coefficient (Wildman–Crippen LogP) is 5.32. The molecule has 2 N–H and O–H groups in total. The lowest BCUT2D eigenvalue weighted by Crippen LogP contribution is -2.48. The number of hydrogen-bond acceptors (Lipinski definition) is 2. The quantitative estimate of drug-likeness (QED) is 0.235. The monoisotopic (exact) mass is 380 g/mol. The van der Waals surface area contributed by atoms with Crippen molar-refractivity contribution in [3.63, 3.8) is 0 Å². The van der Waals surface area contributed by atoms with Gasteiger partial charge in [-0.05, 0) is 12.8 Å². The maximum Gasteiger partial charge on any atom is 0.102 e. The van der Waals surface area contributed by atoms with E-state index in [4.69, 9.17) is 10.2 Å². The Morgan fingerprint density at radius 1 is 0.520 bits per heavy atom. The van der Waals surface area contributed by atoms with Crippen molar-refractivity contribution < 1.29 is 14.7 Å². The lowest BCUT2D eigenvalue weighted by atomic mass is 10.0. The minimum absolute atomic E-state index is 0. The number of halogens is 1. The highest BCUT2D eigenvalue weighted by molar-refractivity contribution is 5.85. The van der Waals surface area contributed by atoms with E-state index in [1.807, 2.05) is 0 Å². The Kier molecular flexibility index (Phi) is 22.4. The highest BCUT2D eigenvalue weighted by Gasteiger charge is 2.19. The Hall–Kier alpha value is 0.170. The summed E-state index contributed by atoms with van der Waals surface area (Å²) in [4.78, 5) is 0. The van der Waals surface area contributed by atoms with E-state index in [1.165, 1.54) is 89.9 Å². The molecule has 3 nitrogen and oxygen atoms in total. The summed E-state index contributed by atoms with van der Waals surface area (Å²) in [6.45, 7) is 5.32. The van der Waals surface area contributed by atoms with Crippen molar-refractivity contribution in [1.82, 2.24) is 0 Å². The van der Waals surface area contributed by atoms with Gasteiger partial charge >= 0.3 is 0 Å². The number of rotatable bonds is 19. The zero-order valence-corrected chi connectivity index (χ0v) is 18.0. The lowest BCUT2D eigenvalue weighted by molar-refractivity contribution is -0.910. The molecule has 0 radical (unpaired) electrons. The molecule has 0 aliphatic rings. The summed E-state index contributed by atoms with van der Waals surface area (Å²) in [5, 5.41) is 18.3. The summed E-state index contributed by atoms with van der Waals surface area (Å²) in [6, 6.07) is 0. The van der Waals surface area contributed by atoms with Crippen LogP contribution in [0.15, 0.2) is 0 Å². The highest BCUT2D eigenvalue weighted by atomic mass is 35.5. The van der Waals surface area contributed by atoms with Crippen LogP contribution in [0, 0.1) is 0 Å². The van der Waals surface area contributed by atoms with Crippen molar-refractivity contribution in [3.8, 4) is 0 Å². The molecule has 0 aliphatic heterocycles. The SMILES string of the molecule is CCCCCCCCCCCCCCCC[N+](C)(CCO)CCO.Cl. The molecule has 0 atom stereocenters. The van der Waals surface area contributed by atoms with Gasteiger partial charge in [0.1, 0.15) is 13.1 Å². The average Bonchev–Trinajstić information content (AvgIpc) is 2.55. The fraction of sp³-hybridized carbons (Fsp3) is 1.00. The molecule has 0 amide bonds. The molecule has 0 heterocycles. The standard InChI is InChI=1S/C21H46NO2.ClH/c1-3-4-5-6-7-8-9-10-11-12-13-14-15-16-17-22(2,18-20-23)19-21-24;/h23-24H,3-21H2,1-2H3;1H/q+1;. The summed E-state index contributed by atoms with van der Waals surface area (Å²) in [7, 11) is 2.15. The molecule has 0 saturated heterocycles. The molecule has 0 aromatic rings. The van der Waals surface area contributed by atoms with Gasteiger partial charge in [0.25, 0.3) is 0 Å². The molecule has 25 heavy (non-hydrogen) atoms. The van der Waals surface area contributed by atoms with Gasteiger partial charge in [-0.2, -0.15) is 0 Å². The van der Waals surface area contributed by atoms with Crippen LogP contribution in [0.5, 0.6) is 0 Å².